The number of rotatable bonds is 3. The van der Waals surface area contributed by atoms with Gasteiger partial charge in [-0.2, -0.15) is 0 Å². The molecule has 0 aliphatic carbocycles. The molecular weight excluding hydrogens is 298 g/mol. The van der Waals surface area contributed by atoms with E-state index in [2.05, 4.69) is 15.0 Å². The van der Waals surface area contributed by atoms with E-state index in [1.165, 1.54) is 11.3 Å². The van der Waals surface area contributed by atoms with Crippen LogP contribution in [0.15, 0.2) is 24.3 Å². The zero-order valence-electron chi connectivity index (χ0n) is 12.6. The highest BCUT2D eigenvalue weighted by molar-refractivity contribution is 7.17. The van der Waals surface area contributed by atoms with Crippen molar-refractivity contribution < 1.29 is 9.53 Å². The number of ether oxygens (including phenoxy) is 1. The van der Waals surface area contributed by atoms with E-state index in [0.29, 0.717) is 27.9 Å². The molecule has 0 aliphatic heterocycles. The van der Waals surface area contributed by atoms with Crippen LogP contribution in [-0.4, -0.2) is 27.5 Å². The van der Waals surface area contributed by atoms with Crippen LogP contribution in [0.3, 0.4) is 0 Å². The minimum Gasteiger partial charge on any atom is -0.462 e. The van der Waals surface area contributed by atoms with Crippen molar-refractivity contribution in [2.75, 3.05) is 6.61 Å². The maximum Gasteiger partial charge on any atom is 0.350 e. The van der Waals surface area contributed by atoms with Gasteiger partial charge in [-0.15, -0.1) is 11.3 Å². The van der Waals surface area contributed by atoms with E-state index in [0.717, 1.165) is 16.7 Å². The molecule has 3 aromatic rings. The number of hydrogen-bond acceptors (Lipinski definition) is 6. The SMILES string of the molecule is CCOC(=O)c1sc(-c2nc3ccccc3nc2C)nc1C. The summed E-state index contributed by atoms with van der Waals surface area (Å²) in [6.45, 7) is 5.83. The van der Waals surface area contributed by atoms with Crippen LogP contribution in [-0.2, 0) is 4.74 Å². The van der Waals surface area contributed by atoms with Crippen molar-refractivity contribution in [1.29, 1.82) is 0 Å². The van der Waals surface area contributed by atoms with E-state index in [4.69, 9.17) is 4.74 Å². The summed E-state index contributed by atoms with van der Waals surface area (Å²) in [5.74, 6) is -0.338. The summed E-state index contributed by atoms with van der Waals surface area (Å²) in [4.78, 5) is 26.1. The molecular formula is C16H15N3O2S. The molecule has 0 aliphatic rings. The van der Waals surface area contributed by atoms with Gasteiger partial charge < -0.3 is 4.74 Å². The van der Waals surface area contributed by atoms with Crippen LogP contribution in [0, 0.1) is 13.8 Å². The largest absolute Gasteiger partial charge is 0.462 e. The number of benzene rings is 1. The molecule has 0 atom stereocenters. The molecule has 0 spiro atoms. The van der Waals surface area contributed by atoms with E-state index in [9.17, 15) is 4.79 Å². The second-order valence-corrected chi connectivity index (χ2v) is 5.80. The maximum absolute atomic E-state index is 11.9. The number of hydrogen-bond donors (Lipinski definition) is 0. The number of carbonyl (C=O) groups is 1. The standard InChI is InChI=1S/C16H15N3O2S/c1-4-21-16(20)14-10(3)18-15(22-14)13-9(2)17-11-7-5-6-8-12(11)19-13/h5-8H,4H2,1-3H3. The Kier molecular flexibility index (Phi) is 3.85. The van der Waals surface area contributed by atoms with Gasteiger partial charge in [-0.3, -0.25) is 0 Å². The first kappa shape index (κ1) is 14.6. The third-order valence-electron chi connectivity index (χ3n) is 3.20. The Balaban J connectivity index is 2.09. The van der Waals surface area contributed by atoms with Crippen molar-refractivity contribution in [3.8, 4) is 10.7 Å². The molecule has 2 heterocycles. The molecule has 0 amide bonds. The van der Waals surface area contributed by atoms with Gasteiger partial charge in [-0.05, 0) is 32.9 Å². The summed E-state index contributed by atoms with van der Waals surface area (Å²) in [6.07, 6.45) is 0. The monoisotopic (exact) mass is 313 g/mol. The minimum absolute atomic E-state index is 0.338. The predicted octanol–water partition coefficient (Wildman–Crippen LogP) is 3.55. The molecule has 2 aromatic heterocycles. The van der Waals surface area contributed by atoms with Gasteiger partial charge in [0.15, 0.2) is 0 Å². The number of para-hydroxylation sites is 2. The summed E-state index contributed by atoms with van der Waals surface area (Å²) >= 11 is 1.30. The minimum atomic E-state index is -0.338. The number of esters is 1. The molecule has 3 rings (SSSR count). The highest BCUT2D eigenvalue weighted by Crippen LogP contribution is 2.29. The van der Waals surface area contributed by atoms with E-state index in [-0.39, 0.29) is 5.97 Å². The van der Waals surface area contributed by atoms with E-state index in [1.807, 2.05) is 31.2 Å². The lowest BCUT2D eigenvalue weighted by Gasteiger charge is -2.03. The highest BCUT2D eigenvalue weighted by atomic mass is 32.1. The Labute approximate surface area is 132 Å². The van der Waals surface area contributed by atoms with Crippen molar-refractivity contribution in [3.05, 3.63) is 40.5 Å². The molecule has 0 saturated heterocycles. The summed E-state index contributed by atoms with van der Waals surface area (Å²) in [5.41, 5.74) is 3.83. The Bertz CT molecular complexity index is 858. The van der Waals surface area contributed by atoms with Crippen LogP contribution >= 0.6 is 11.3 Å². The Morgan fingerprint density at radius 3 is 2.45 bits per heavy atom. The number of carbonyl (C=O) groups excluding carboxylic acids is 1. The van der Waals surface area contributed by atoms with Crippen molar-refractivity contribution >= 4 is 28.3 Å². The van der Waals surface area contributed by atoms with Crippen LogP contribution in [0.4, 0.5) is 0 Å². The molecule has 1 aromatic carbocycles. The number of nitrogens with zero attached hydrogens (tertiary/aromatic N) is 3. The van der Waals surface area contributed by atoms with Gasteiger partial charge in [0.25, 0.3) is 0 Å². The third kappa shape index (κ3) is 2.57. The summed E-state index contributed by atoms with van der Waals surface area (Å²) in [5, 5.41) is 0.691. The molecule has 0 bridgehead atoms. The highest BCUT2D eigenvalue weighted by Gasteiger charge is 2.19. The third-order valence-corrected chi connectivity index (χ3v) is 4.35. The maximum atomic E-state index is 11.9. The second-order valence-electron chi connectivity index (χ2n) is 4.80. The number of aromatic nitrogens is 3. The van der Waals surface area contributed by atoms with Crippen LogP contribution in [0.25, 0.3) is 21.7 Å². The van der Waals surface area contributed by atoms with E-state index in [1.54, 1.807) is 13.8 Å². The van der Waals surface area contributed by atoms with Gasteiger partial charge in [0.1, 0.15) is 15.6 Å². The van der Waals surface area contributed by atoms with Crippen LogP contribution in [0.5, 0.6) is 0 Å². The predicted molar refractivity (Wildman–Crippen MR) is 86.1 cm³/mol. The molecule has 0 fully saturated rings. The molecule has 0 radical (unpaired) electrons. The normalized spacial score (nSPS) is 10.9. The molecule has 5 nitrogen and oxygen atoms in total. The number of fused-ring (bicyclic) bond motifs is 1. The number of thiazole rings is 1. The summed E-state index contributed by atoms with van der Waals surface area (Å²) in [6, 6.07) is 7.70. The molecule has 0 N–H and O–H groups in total. The lowest BCUT2D eigenvalue weighted by Crippen LogP contribution is -2.03. The smallest absolute Gasteiger partial charge is 0.350 e. The molecule has 0 saturated carbocycles. The second kappa shape index (κ2) is 5.81. The van der Waals surface area contributed by atoms with Gasteiger partial charge in [-0.1, -0.05) is 12.1 Å². The first-order valence-corrected chi connectivity index (χ1v) is 7.80. The van der Waals surface area contributed by atoms with Gasteiger partial charge in [0.2, 0.25) is 0 Å². The molecule has 6 heteroatoms. The number of aryl methyl sites for hydroxylation is 2. The summed E-state index contributed by atoms with van der Waals surface area (Å²) < 4.78 is 5.05. The van der Waals surface area contributed by atoms with Gasteiger partial charge in [-0.25, -0.2) is 19.7 Å². The molecule has 112 valence electrons. The zero-order valence-corrected chi connectivity index (χ0v) is 13.4. The lowest BCUT2D eigenvalue weighted by atomic mass is 10.2. The average molecular weight is 313 g/mol. The quantitative estimate of drug-likeness (QED) is 0.692. The fourth-order valence-electron chi connectivity index (χ4n) is 2.17. The van der Waals surface area contributed by atoms with Gasteiger partial charge in [0, 0.05) is 0 Å². The fraction of sp³-hybridized carbons (Fsp3) is 0.250. The van der Waals surface area contributed by atoms with Crippen molar-refractivity contribution in [2.45, 2.75) is 20.8 Å². The van der Waals surface area contributed by atoms with Crippen LogP contribution < -0.4 is 0 Å². The Morgan fingerprint density at radius 1 is 1.09 bits per heavy atom. The van der Waals surface area contributed by atoms with E-state index < -0.39 is 0 Å². The van der Waals surface area contributed by atoms with Crippen molar-refractivity contribution in [3.63, 3.8) is 0 Å². The Morgan fingerprint density at radius 2 is 1.77 bits per heavy atom. The summed E-state index contributed by atoms with van der Waals surface area (Å²) in [7, 11) is 0. The zero-order chi connectivity index (χ0) is 15.7. The molecule has 22 heavy (non-hydrogen) atoms. The fourth-order valence-corrected chi connectivity index (χ4v) is 3.18. The lowest BCUT2D eigenvalue weighted by molar-refractivity contribution is 0.0531. The van der Waals surface area contributed by atoms with Gasteiger partial charge in [0.05, 0.1) is 29.0 Å². The van der Waals surface area contributed by atoms with Crippen LogP contribution in [0.1, 0.15) is 28.0 Å². The van der Waals surface area contributed by atoms with Crippen LogP contribution in [0.2, 0.25) is 0 Å². The van der Waals surface area contributed by atoms with Crippen molar-refractivity contribution in [2.24, 2.45) is 0 Å². The van der Waals surface area contributed by atoms with Gasteiger partial charge >= 0.3 is 5.97 Å². The first-order chi connectivity index (χ1) is 10.6. The van der Waals surface area contributed by atoms with Crippen molar-refractivity contribution in [1.82, 2.24) is 15.0 Å². The first-order valence-electron chi connectivity index (χ1n) is 6.98. The molecule has 0 unspecified atom stereocenters. The topological polar surface area (TPSA) is 65.0 Å². The van der Waals surface area contributed by atoms with E-state index >= 15 is 0 Å². The Hall–Kier alpha value is -2.34. The average Bonchev–Trinajstić information content (AvgIpc) is 2.88.